The largest absolute Gasteiger partial charge is 0.562 e. The maximum Gasteiger partial charge on any atom is 0.165 e. The van der Waals surface area contributed by atoms with Crippen molar-refractivity contribution >= 4 is 5.97 Å². The molecule has 0 aliphatic heterocycles. The van der Waals surface area contributed by atoms with Crippen molar-refractivity contribution in [3.05, 3.63) is 12.7 Å². The molecule has 6 heavy (non-hydrogen) atoms. The standard InChI is InChI=1S/C3H3O2.Pt/c1-2-3(4)5;/h1-2H,(H,4,5);/q-1;. The van der Waals surface area contributed by atoms with Crippen molar-refractivity contribution in [2.75, 3.05) is 0 Å². The van der Waals surface area contributed by atoms with Crippen LogP contribution in [-0.4, -0.2) is 11.1 Å². The van der Waals surface area contributed by atoms with Crippen molar-refractivity contribution in [3.63, 3.8) is 0 Å². The van der Waals surface area contributed by atoms with Gasteiger partial charge in [0.15, 0.2) is 5.97 Å². The predicted octanol–water partition coefficient (Wildman–Crippen LogP) is 0.0577. The van der Waals surface area contributed by atoms with Gasteiger partial charge in [0, 0.05) is 21.1 Å². The number of hydrogen-bond acceptors (Lipinski definition) is 1. The molecule has 1 N–H and O–H groups in total. The van der Waals surface area contributed by atoms with Crippen LogP contribution in [0, 0.1) is 6.58 Å². The van der Waals surface area contributed by atoms with Crippen LogP contribution in [-0.2, 0) is 25.9 Å². The minimum atomic E-state index is -1.09. The van der Waals surface area contributed by atoms with E-state index >= 15 is 0 Å². The molecule has 0 saturated carbocycles. The zero-order valence-corrected chi connectivity index (χ0v) is 5.10. The summed E-state index contributed by atoms with van der Waals surface area (Å²) in [5.74, 6) is -1.09. The van der Waals surface area contributed by atoms with Crippen molar-refractivity contribution in [1.82, 2.24) is 0 Å². The first-order valence-corrected chi connectivity index (χ1v) is 1.05. The van der Waals surface area contributed by atoms with Crippen LogP contribution in [0.25, 0.3) is 0 Å². The van der Waals surface area contributed by atoms with Crippen LogP contribution >= 0.6 is 0 Å². The second kappa shape index (κ2) is 4.90. The van der Waals surface area contributed by atoms with Gasteiger partial charge in [-0.2, -0.15) is 6.08 Å². The summed E-state index contributed by atoms with van der Waals surface area (Å²) in [5.41, 5.74) is 0. The fraction of sp³-hybridized carbons (Fsp3) is 0. The second-order valence-electron chi connectivity index (χ2n) is 0.505. The van der Waals surface area contributed by atoms with Gasteiger partial charge in [0.05, 0.1) is 0 Å². The molecule has 0 fully saturated rings. The number of carbonyl (C=O) groups is 1. The molecule has 0 spiro atoms. The van der Waals surface area contributed by atoms with Crippen molar-refractivity contribution in [3.8, 4) is 0 Å². The summed E-state index contributed by atoms with van der Waals surface area (Å²) in [6.45, 7) is 4.45. The second-order valence-corrected chi connectivity index (χ2v) is 0.505. The van der Waals surface area contributed by atoms with Crippen molar-refractivity contribution in [1.29, 1.82) is 0 Å². The van der Waals surface area contributed by atoms with E-state index < -0.39 is 5.97 Å². The number of carboxylic acids is 1. The first-order valence-electron chi connectivity index (χ1n) is 1.05. The molecule has 2 nitrogen and oxygen atoms in total. The van der Waals surface area contributed by atoms with Crippen LogP contribution in [0.2, 0.25) is 0 Å². The molecular formula is C3H3O2Pt-. The van der Waals surface area contributed by atoms with Crippen molar-refractivity contribution in [2.24, 2.45) is 0 Å². The van der Waals surface area contributed by atoms with Crippen LogP contribution in [0.15, 0.2) is 6.08 Å². The summed E-state index contributed by atoms with van der Waals surface area (Å²) in [5, 5.41) is 7.54. The number of rotatable bonds is 1. The fourth-order valence-corrected chi connectivity index (χ4v) is 0. The Morgan fingerprint density at radius 3 is 2.00 bits per heavy atom. The molecule has 0 radical (unpaired) electrons. The number of aliphatic carboxylic acids is 1. The van der Waals surface area contributed by atoms with E-state index in [-0.39, 0.29) is 21.1 Å². The summed E-state index contributed by atoms with van der Waals surface area (Å²) in [7, 11) is 0. The Hall–Kier alpha value is -0.102. The minimum Gasteiger partial charge on any atom is -0.562 e. The molecule has 0 atom stereocenters. The van der Waals surface area contributed by atoms with Crippen LogP contribution in [0.4, 0.5) is 0 Å². The summed E-state index contributed by atoms with van der Waals surface area (Å²) in [6, 6.07) is 0. The minimum absolute atomic E-state index is 0. The molecule has 0 heterocycles. The van der Waals surface area contributed by atoms with Gasteiger partial charge in [-0.3, -0.25) is 6.58 Å². The van der Waals surface area contributed by atoms with Crippen LogP contribution in [0.1, 0.15) is 0 Å². The molecule has 0 aliphatic carbocycles. The normalized spacial score (nSPS) is 5.33. The molecule has 0 bridgehead atoms. The predicted molar refractivity (Wildman–Crippen MR) is 16.5 cm³/mol. The zero-order valence-electron chi connectivity index (χ0n) is 2.83. The van der Waals surface area contributed by atoms with Crippen molar-refractivity contribution in [2.45, 2.75) is 0 Å². The van der Waals surface area contributed by atoms with Gasteiger partial charge in [-0.1, -0.05) is 0 Å². The average molecular weight is 266 g/mol. The summed E-state index contributed by atoms with van der Waals surface area (Å²) < 4.78 is 0. The Morgan fingerprint density at radius 2 is 2.00 bits per heavy atom. The van der Waals surface area contributed by atoms with E-state index in [1.807, 2.05) is 0 Å². The van der Waals surface area contributed by atoms with Gasteiger partial charge in [-0.15, -0.1) is 0 Å². The Bertz CT molecular complexity index is 59.8. The van der Waals surface area contributed by atoms with E-state index in [2.05, 4.69) is 6.58 Å². The molecule has 0 amide bonds. The van der Waals surface area contributed by atoms with Gasteiger partial charge in [0.25, 0.3) is 0 Å². The average Bonchev–Trinajstić information content (AvgIpc) is 1.38. The molecule has 0 saturated heterocycles. The van der Waals surface area contributed by atoms with Gasteiger partial charge in [0.1, 0.15) is 0 Å². The van der Waals surface area contributed by atoms with Crippen LogP contribution in [0.3, 0.4) is 0 Å². The van der Waals surface area contributed by atoms with Crippen LogP contribution < -0.4 is 0 Å². The molecule has 0 unspecified atom stereocenters. The van der Waals surface area contributed by atoms with Gasteiger partial charge in [0.2, 0.25) is 0 Å². The Morgan fingerprint density at radius 1 is 1.83 bits per heavy atom. The maximum atomic E-state index is 9.19. The zero-order chi connectivity index (χ0) is 4.28. The molecule has 0 aliphatic rings. The summed E-state index contributed by atoms with van der Waals surface area (Å²) in [4.78, 5) is 9.19. The van der Waals surface area contributed by atoms with Gasteiger partial charge in [-0.25, -0.2) is 0 Å². The van der Waals surface area contributed by atoms with E-state index in [0.29, 0.717) is 6.08 Å². The third-order valence-electron chi connectivity index (χ3n) is 0.143. The molecule has 38 valence electrons. The molecule has 3 heteroatoms. The van der Waals surface area contributed by atoms with E-state index in [9.17, 15) is 4.79 Å². The van der Waals surface area contributed by atoms with Gasteiger partial charge >= 0.3 is 0 Å². The summed E-state index contributed by atoms with van der Waals surface area (Å²) >= 11 is 0. The summed E-state index contributed by atoms with van der Waals surface area (Å²) in [6.07, 6.45) is 0.583. The Kier molecular flexibility index (Phi) is 7.60. The topological polar surface area (TPSA) is 37.3 Å². The Balaban J connectivity index is 0. The van der Waals surface area contributed by atoms with E-state index in [1.54, 1.807) is 0 Å². The molecule has 0 aromatic carbocycles. The monoisotopic (exact) mass is 266 g/mol. The van der Waals surface area contributed by atoms with Crippen LogP contribution in [0.5, 0.6) is 0 Å². The Labute approximate surface area is 50.1 Å². The molecule has 0 aromatic rings. The number of carboxylic acid groups (broad SMARTS) is 1. The molecule has 0 rings (SSSR count). The van der Waals surface area contributed by atoms with E-state index in [4.69, 9.17) is 5.11 Å². The van der Waals surface area contributed by atoms with Gasteiger partial charge < -0.3 is 9.90 Å². The fourth-order valence-electron chi connectivity index (χ4n) is 0. The van der Waals surface area contributed by atoms with Crippen molar-refractivity contribution < 1.29 is 31.0 Å². The first kappa shape index (κ1) is 9.31. The first-order chi connectivity index (χ1) is 2.27. The SMILES string of the molecule is [CH-]=CC(=O)O.[Pt]. The van der Waals surface area contributed by atoms with E-state index in [1.165, 1.54) is 0 Å². The number of hydrogen-bond donors (Lipinski definition) is 1. The van der Waals surface area contributed by atoms with E-state index in [0.717, 1.165) is 0 Å². The third-order valence-corrected chi connectivity index (χ3v) is 0.143. The maximum absolute atomic E-state index is 9.19. The third kappa shape index (κ3) is 9.09. The quantitative estimate of drug-likeness (QED) is 0.538. The van der Waals surface area contributed by atoms with Gasteiger partial charge in [-0.05, 0) is 0 Å². The molecule has 0 aromatic heterocycles. The molecular weight excluding hydrogens is 263 g/mol. The smallest absolute Gasteiger partial charge is 0.165 e.